The molecule has 2 aromatic rings. The van der Waals surface area contributed by atoms with Crippen molar-refractivity contribution in [1.82, 2.24) is 5.32 Å². The average molecular weight is 451 g/mol. The highest BCUT2D eigenvalue weighted by Gasteiger charge is 2.37. The molecule has 29 heavy (non-hydrogen) atoms. The number of rotatable bonds is 2. The smallest absolute Gasteiger partial charge is 0.263 e. The van der Waals surface area contributed by atoms with Gasteiger partial charge in [0.2, 0.25) is 0 Å². The summed E-state index contributed by atoms with van der Waals surface area (Å²) < 4.78 is 116. The number of carbonyl (C=O) groups excluding carboxylic acids is 1. The van der Waals surface area contributed by atoms with E-state index in [9.17, 15) is 44.3 Å². The molecule has 0 bridgehead atoms. The summed E-state index contributed by atoms with van der Waals surface area (Å²) in [5.74, 6) is 0. The minimum Gasteiger partial charge on any atom is -0.263 e. The second-order valence-corrected chi connectivity index (χ2v) is 5.88. The van der Waals surface area contributed by atoms with E-state index in [4.69, 9.17) is 11.6 Å². The minimum absolute atomic E-state index is 0.0221. The topological polar surface area (TPSA) is 32.3 Å². The number of alkyl halides is 9. The number of nitrogens with zero attached hydrogens (tertiary/aromatic N) is 1. The Morgan fingerprint density at radius 2 is 1.41 bits per heavy atom. The molecule has 2 aromatic carbocycles. The van der Waals surface area contributed by atoms with Gasteiger partial charge in [-0.2, -0.15) is 39.5 Å². The van der Waals surface area contributed by atoms with E-state index in [-0.39, 0.29) is 11.0 Å². The molecule has 0 spiro atoms. The van der Waals surface area contributed by atoms with Gasteiger partial charge in [-0.3, -0.25) is 4.90 Å². The van der Waals surface area contributed by atoms with Crippen molar-refractivity contribution >= 4 is 29.0 Å². The van der Waals surface area contributed by atoms with Crippen LogP contribution in [0.3, 0.4) is 0 Å². The fourth-order valence-electron chi connectivity index (χ4n) is 2.25. The number of hydrogen-bond acceptors (Lipinski definition) is 1. The van der Waals surface area contributed by atoms with Crippen LogP contribution in [-0.4, -0.2) is 12.3 Å². The lowest BCUT2D eigenvalue weighted by molar-refractivity contribution is -0.145. The molecule has 3 nitrogen and oxygen atoms in total. The summed E-state index contributed by atoms with van der Waals surface area (Å²) in [6.07, 6.45) is -15.2. The SMILES string of the molecule is O=C(NC(F)(F)F)N(c1cccc(C(F)(F)F)c1)c1ccc(Cl)c(C(F)(F)F)c1. The zero-order chi connectivity index (χ0) is 22.2. The van der Waals surface area contributed by atoms with Gasteiger partial charge < -0.3 is 0 Å². The quantitative estimate of drug-likeness (QED) is 0.398. The van der Waals surface area contributed by atoms with E-state index in [0.29, 0.717) is 23.5 Å². The standard InChI is InChI=1S/C16H8ClF9N2O/c17-12-5-4-10(7-11(12)15(21,22)23)28(13(29)27-16(24,25)26)9-3-1-2-8(6-9)14(18,19)20/h1-7H,(H,27,29). The number of hydrogen-bond donors (Lipinski definition) is 1. The Morgan fingerprint density at radius 3 is 1.93 bits per heavy atom. The second kappa shape index (κ2) is 7.65. The van der Waals surface area contributed by atoms with Gasteiger partial charge >= 0.3 is 24.7 Å². The number of amides is 2. The van der Waals surface area contributed by atoms with Crippen molar-refractivity contribution in [2.75, 3.05) is 4.90 Å². The maximum absolute atomic E-state index is 13.1. The van der Waals surface area contributed by atoms with Crippen LogP contribution in [-0.2, 0) is 12.4 Å². The van der Waals surface area contributed by atoms with Gasteiger partial charge in [-0.25, -0.2) is 10.1 Å². The molecule has 0 aromatic heterocycles. The predicted octanol–water partition coefficient (Wildman–Crippen LogP) is 6.75. The van der Waals surface area contributed by atoms with Crippen LogP contribution < -0.4 is 10.2 Å². The van der Waals surface area contributed by atoms with Crippen LogP contribution in [0.4, 0.5) is 55.7 Å². The fourth-order valence-corrected chi connectivity index (χ4v) is 2.48. The van der Waals surface area contributed by atoms with Crippen LogP contribution in [0, 0.1) is 0 Å². The largest absolute Gasteiger partial charge is 0.485 e. The van der Waals surface area contributed by atoms with Crippen molar-refractivity contribution in [1.29, 1.82) is 0 Å². The number of nitrogens with one attached hydrogen (secondary N) is 1. The van der Waals surface area contributed by atoms with Gasteiger partial charge in [0.05, 0.1) is 27.5 Å². The zero-order valence-electron chi connectivity index (χ0n) is 13.7. The van der Waals surface area contributed by atoms with E-state index < -0.39 is 52.2 Å². The van der Waals surface area contributed by atoms with E-state index in [1.165, 1.54) is 0 Å². The van der Waals surface area contributed by atoms with Crippen molar-refractivity contribution in [3.05, 3.63) is 58.6 Å². The zero-order valence-corrected chi connectivity index (χ0v) is 14.4. The first kappa shape index (κ1) is 22.7. The first-order chi connectivity index (χ1) is 13.1. The molecule has 0 saturated heterocycles. The summed E-state index contributed by atoms with van der Waals surface area (Å²) >= 11 is 5.43. The molecule has 0 unspecified atom stereocenters. The molecule has 0 fully saturated rings. The van der Waals surface area contributed by atoms with Gasteiger partial charge in [0, 0.05) is 0 Å². The second-order valence-electron chi connectivity index (χ2n) is 5.47. The molecular weight excluding hydrogens is 443 g/mol. The summed E-state index contributed by atoms with van der Waals surface area (Å²) in [5, 5.41) is -0.279. The molecule has 13 heteroatoms. The van der Waals surface area contributed by atoms with Gasteiger partial charge in [0.1, 0.15) is 0 Å². The molecule has 0 aliphatic heterocycles. The molecule has 0 saturated carbocycles. The third-order valence-electron chi connectivity index (χ3n) is 3.40. The van der Waals surface area contributed by atoms with Crippen LogP contribution in [0.1, 0.15) is 11.1 Å². The van der Waals surface area contributed by atoms with Crippen LogP contribution >= 0.6 is 11.6 Å². The lowest BCUT2D eigenvalue weighted by Gasteiger charge is -2.25. The van der Waals surface area contributed by atoms with Gasteiger partial charge in [-0.15, -0.1) is 0 Å². The first-order valence-electron chi connectivity index (χ1n) is 7.32. The lowest BCUT2D eigenvalue weighted by atomic mass is 10.1. The van der Waals surface area contributed by atoms with Crippen molar-refractivity contribution in [3.63, 3.8) is 0 Å². The molecule has 2 amide bonds. The van der Waals surface area contributed by atoms with Gasteiger partial charge in [-0.1, -0.05) is 17.7 Å². The number of urea groups is 1. The number of benzene rings is 2. The Morgan fingerprint density at radius 1 is 0.828 bits per heavy atom. The Bertz CT molecular complexity index is 906. The minimum atomic E-state index is -5.30. The average Bonchev–Trinajstić information content (AvgIpc) is 2.53. The molecule has 0 atom stereocenters. The molecule has 1 N–H and O–H groups in total. The molecular formula is C16H8ClF9N2O. The van der Waals surface area contributed by atoms with E-state index in [1.807, 2.05) is 0 Å². The van der Waals surface area contributed by atoms with Gasteiger partial charge in [0.15, 0.2) is 0 Å². The summed E-state index contributed by atoms with van der Waals surface area (Å²) in [5.41, 5.74) is -4.36. The maximum Gasteiger partial charge on any atom is 0.485 e. The fraction of sp³-hybridized carbons (Fsp3) is 0.188. The third-order valence-corrected chi connectivity index (χ3v) is 3.73. The van der Waals surface area contributed by atoms with Crippen LogP contribution in [0.25, 0.3) is 0 Å². The molecule has 158 valence electrons. The Hall–Kier alpha value is -2.63. The Kier molecular flexibility index (Phi) is 5.98. The Labute approximate surface area is 161 Å². The van der Waals surface area contributed by atoms with Crippen molar-refractivity contribution in [2.45, 2.75) is 18.7 Å². The van der Waals surface area contributed by atoms with Crippen molar-refractivity contribution in [2.24, 2.45) is 0 Å². The molecule has 0 aliphatic rings. The molecule has 0 radical (unpaired) electrons. The van der Waals surface area contributed by atoms with Crippen LogP contribution in [0.2, 0.25) is 5.02 Å². The molecule has 0 aliphatic carbocycles. The van der Waals surface area contributed by atoms with E-state index in [2.05, 4.69) is 0 Å². The third kappa shape index (κ3) is 5.68. The van der Waals surface area contributed by atoms with E-state index in [1.54, 1.807) is 0 Å². The normalized spacial score (nSPS) is 12.6. The number of halogens is 10. The molecule has 0 heterocycles. The highest BCUT2D eigenvalue weighted by atomic mass is 35.5. The van der Waals surface area contributed by atoms with Crippen molar-refractivity contribution < 1.29 is 44.3 Å². The predicted molar refractivity (Wildman–Crippen MR) is 84.6 cm³/mol. The lowest BCUT2D eigenvalue weighted by Crippen LogP contribution is -2.44. The number of anilines is 2. The van der Waals surface area contributed by atoms with Gasteiger partial charge in [-0.05, 0) is 36.4 Å². The summed E-state index contributed by atoms with van der Waals surface area (Å²) in [6, 6.07) is 2.14. The summed E-state index contributed by atoms with van der Waals surface area (Å²) in [4.78, 5) is 12.1. The highest BCUT2D eigenvalue weighted by Crippen LogP contribution is 2.39. The van der Waals surface area contributed by atoms with E-state index >= 15 is 0 Å². The first-order valence-corrected chi connectivity index (χ1v) is 7.70. The number of carbonyl (C=O) groups is 1. The van der Waals surface area contributed by atoms with E-state index in [0.717, 1.165) is 18.2 Å². The van der Waals surface area contributed by atoms with Crippen LogP contribution in [0.15, 0.2) is 42.5 Å². The summed E-state index contributed by atoms with van der Waals surface area (Å²) in [6.45, 7) is 0. The molecule has 2 rings (SSSR count). The maximum atomic E-state index is 13.1. The van der Waals surface area contributed by atoms with Crippen LogP contribution in [0.5, 0.6) is 0 Å². The summed E-state index contributed by atoms with van der Waals surface area (Å²) in [7, 11) is 0. The van der Waals surface area contributed by atoms with Crippen molar-refractivity contribution in [3.8, 4) is 0 Å². The monoisotopic (exact) mass is 450 g/mol. The Balaban J connectivity index is 2.66. The highest BCUT2D eigenvalue weighted by molar-refractivity contribution is 6.31. The van der Waals surface area contributed by atoms with Gasteiger partial charge in [0.25, 0.3) is 0 Å².